The molecule has 37 heavy (non-hydrogen) atoms. The number of likely N-dealkylation sites (N-methyl/N-ethyl adjacent to an activating group) is 1. The number of aliphatic hydroxyl groups excluding tert-OH is 2. The number of allylic oxidation sites excluding steroid dienone is 1. The Morgan fingerprint density at radius 2 is 1.92 bits per heavy atom. The molecule has 1 aromatic rings. The van der Waals surface area contributed by atoms with Gasteiger partial charge in [0.25, 0.3) is 0 Å². The molecule has 11 nitrogen and oxygen atoms in total. The molecular weight excluding hydrogens is 480 g/mol. The summed E-state index contributed by atoms with van der Waals surface area (Å²) in [6, 6.07) is 2.87. The van der Waals surface area contributed by atoms with Crippen molar-refractivity contribution in [1.29, 1.82) is 0 Å². The largest absolute Gasteiger partial charge is 0.508 e. The van der Waals surface area contributed by atoms with E-state index in [9.17, 15) is 34.8 Å². The lowest BCUT2D eigenvalue weighted by molar-refractivity contribution is -0.151. The summed E-state index contributed by atoms with van der Waals surface area (Å²) in [6.07, 6.45) is 1.23. The van der Waals surface area contributed by atoms with E-state index in [0.29, 0.717) is 11.3 Å². The van der Waals surface area contributed by atoms with E-state index in [-0.39, 0.29) is 35.8 Å². The molecule has 1 amide bonds. The first kappa shape index (κ1) is 27.1. The zero-order valence-electron chi connectivity index (χ0n) is 21.2. The van der Waals surface area contributed by atoms with E-state index in [1.807, 2.05) is 0 Å². The third-order valence-electron chi connectivity index (χ3n) is 8.08. The second kappa shape index (κ2) is 10.4. The molecule has 2 aliphatic carbocycles. The lowest BCUT2D eigenvalue weighted by Gasteiger charge is -2.47. The van der Waals surface area contributed by atoms with Crippen LogP contribution in [0.4, 0.5) is 5.69 Å². The zero-order valence-corrected chi connectivity index (χ0v) is 21.2. The number of nitrogens with zero attached hydrogens (tertiary/aromatic N) is 1. The maximum Gasteiger partial charge on any atom is 0.225 e. The normalized spacial score (nSPS) is 27.0. The number of Topliss-reactive ketones (excluding diaryl/α,β-unsaturated/α-hetero) is 2. The minimum Gasteiger partial charge on any atom is -0.508 e. The average Bonchev–Trinajstić information content (AvgIpc) is 2.84. The third-order valence-corrected chi connectivity index (χ3v) is 8.08. The number of carbonyl (C=O) groups excluding carboxylic acids is 3. The van der Waals surface area contributed by atoms with Gasteiger partial charge in [-0.15, -0.1) is 0 Å². The van der Waals surface area contributed by atoms with Crippen LogP contribution in [0.3, 0.4) is 0 Å². The first-order valence-corrected chi connectivity index (χ1v) is 12.6. The zero-order chi connectivity index (χ0) is 27.1. The molecule has 0 aromatic heterocycles. The maximum absolute atomic E-state index is 13.7. The van der Waals surface area contributed by atoms with Gasteiger partial charge in [0.1, 0.15) is 11.5 Å². The summed E-state index contributed by atoms with van der Waals surface area (Å²) in [5, 5.41) is 50.8. The highest BCUT2D eigenvalue weighted by molar-refractivity contribution is 6.15. The predicted octanol–water partition coefficient (Wildman–Crippen LogP) is -0.159. The molecule has 1 fully saturated rings. The molecule has 1 heterocycles. The second-order valence-corrected chi connectivity index (χ2v) is 10.5. The van der Waals surface area contributed by atoms with Gasteiger partial charge >= 0.3 is 0 Å². The van der Waals surface area contributed by atoms with Crippen LogP contribution in [0.1, 0.15) is 41.6 Å². The molecule has 11 heteroatoms. The van der Waals surface area contributed by atoms with Gasteiger partial charge in [-0.05, 0) is 70.4 Å². The van der Waals surface area contributed by atoms with Gasteiger partial charge in [-0.3, -0.25) is 14.4 Å². The van der Waals surface area contributed by atoms with Gasteiger partial charge in [-0.1, -0.05) is 6.07 Å². The molecule has 1 aromatic carbocycles. The van der Waals surface area contributed by atoms with Crippen LogP contribution >= 0.6 is 0 Å². The number of carbonyl (C=O) groups is 3. The van der Waals surface area contributed by atoms with Crippen LogP contribution in [-0.2, 0) is 16.0 Å². The predicted molar refractivity (Wildman–Crippen MR) is 135 cm³/mol. The number of primary amides is 1. The van der Waals surface area contributed by atoms with Crippen LogP contribution in [-0.4, -0.2) is 94.3 Å². The molecule has 0 bridgehead atoms. The standard InChI is InChI=1S/C26H36N4O7/c1-30(2)18(12-31)16-10-14-9-13-3-4-17(29-15-5-7-28-8-6-15)23(34)21(13)24(35)22(14)25(36)26(16,37)19(32)11-20(27)33/h3-4,14-16,18,28-29,31,34,36-37H,5-12H2,1-2H3,(H2,27,33)/t14-,16-,18+,26+/m0/s1. The molecule has 0 unspecified atom stereocenters. The van der Waals surface area contributed by atoms with Gasteiger partial charge in [0.2, 0.25) is 5.91 Å². The van der Waals surface area contributed by atoms with Gasteiger partial charge in [0, 0.05) is 23.6 Å². The van der Waals surface area contributed by atoms with E-state index in [1.165, 1.54) is 0 Å². The fourth-order valence-corrected chi connectivity index (χ4v) is 6.12. The van der Waals surface area contributed by atoms with E-state index in [0.717, 1.165) is 25.9 Å². The van der Waals surface area contributed by atoms with Crippen LogP contribution in [0, 0.1) is 11.8 Å². The number of piperidine rings is 1. The van der Waals surface area contributed by atoms with Crippen molar-refractivity contribution >= 4 is 23.2 Å². The fraction of sp³-hybridized carbons (Fsp3) is 0.577. The molecule has 4 rings (SSSR count). The van der Waals surface area contributed by atoms with Gasteiger partial charge < -0.3 is 41.7 Å². The van der Waals surface area contributed by atoms with Gasteiger partial charge in [0.15, 0.2) is 17.2 Å². The number of anilines is 1. The summed E-state index contributed by atoms with van der Waals surface area (Å²) in [5.74, 6) is -5.38. The summed E-state index contributed by atoms with van der Waals surface area (Å²) in [7, 11) is 3.32. The van der Waals surface area contributed by atoms with Crippen molar-refractivity contribution in [2.24, 2.45) is 17.6 Å². The summed E-state index contributed by atoms with van der Waals surface area (Å²) in [6.45, 7) is 1.24. The van der Waals surface area contributed by atoms with Crippen molar-refractivity contribution in [2.75, 3.05) is 39.1 Å². The highest BCUT2D eigenvalue weighted by Gasteiger charge is 2.58. The van der Waals surface area contributed by atoms with E-state index < -0.39 is 59.7 Å². The number of aliphatic hydroxyl groups is 3. The first-order valence-electron chi connectivity index (χ1n) is 12.6. The molecule has 0 spiro atoms. The summed E-state index contributed by atoms with van der Waals surface area (Å²) in [4.78, 5) is 40.1. The highest BCUT2D eigenvalue weighted by atomic mass is 16.3. The van der Waals surface area contributed by atoms with E-state index in [1.54, 1.807) is 31.1 Å². The van der Waals surface area contributed by atoms with Crippen molar-refractivity contribution in [1.82, 2.24) is 10.2 Å². The molecule has 0 saturated carbocycles. The number of rotatable bonds is 8. The number of phenols is 1. The van der Waals surface area contributed by atoms with Crippen LogP contribution in [0.15, 0.2) is 23.5 Å². The van der Waals surface area contributed by atoms with Crippen molar-refractivity contribution in [3.8, 4) is 5.75 Å². The Morgan fingerprint density at radius 3 is 2.51 bits per heavy atom. The monoisotopic (exact) mass is 516 g/mol. The fourth-order valence-electron chi connectivity index (χ4n) is 6.12. The Hall–Kier alpha value is -2.99. The molecule has 1 aliphatic heterocycles. The summed E-state index contributed by atoms with van der Waals surface area (Å²) < 4.78 is 0. The van der Waals surface area contributed by atoms with Gasteiger partial charge in [-0.25, -0.2) is 0 Å². The molecule has 1 saturated heterocycles. The number of fused-ring (bicyclic) bond motifs is 2. The van der Waals surface area contributed by atoms with Crippen molar-refractivity contribution in [2.45, 2.75) is 49.8 Å². The first-order chi connectivity index (χ1) is 17.5. The molecule has 0 radical (unpaired) electrons. The van der Waals surface area contributed by atoms with Gasteiger partial charge in [-0.2, -0.15) is 0 Å². The highest BCUT2D eigenvalue weighted by Crippen LogP contribution is 2.50. The van der Waals surface area contributed by atoms with E-state index in [2.05, 4.69) is 10.6 Å². The van der Waals surface area contributed by atoms with Gasteiger partial charge in [0.05, 0.1) is 24.3 Å². The number of hydrogen-bond acceptors (Lipinski definition) is 10. The Kier molecular flexibility index (Phi) is 7.61. The molecular formula is C26H36N4O7. The minimum absolute atomic E-state index is 0.0196. The average molecular weight is 517 g/mol. The quantitative estimate of drug-likeness (QED) is 0.181. The lowest BCUT2D eigenvalue weighted by atomic mass is 9.61. The van der Waals surface area contributed by atoms with E-state index in [4.69, 9.17) is 5.73 Å². The Morgan fingerprint density at radius 1 is 1.24 bits per heavy atom. The third kappa shape index (κ3) is 4.72. The Bertz CT molecular complexity index is 1130. The number of nitrogens with two attached hydrogens (primary N) is 1. The number of nitrogens with one attached hydrogen (secondary N) is 2. The number of phenolic OH excluding ortho intramolecular Hbond substituents is 1. The summed E-state index contributed by atoms with van der Waals surface area (Å²) >= 11 is 0. The van der Waals surface area contributed by atoms with Crippen molar-refractivity contribution in [3.63, 3.8) is 0 Å². The Labute approximate surface area is 215 Å². The smallest absolute Gasteiger partial charge is 0.225 e. The molecule has 202 valence electrons. The number of benzene rings is 1. The maximum atomic E-state index is 13.7. The van der Waals surface area contributed by atoms with Crippen LogP contribution in [0.25, 0.3) is 0 Å². The van der Waals surface area contributed by atoms with Crippen molar-refractivity contribution in [3.05, 3.63) is 34.6 Å². The summed E-state index contributed by atoms with van der Waals surface area (Å²) in [5.41, 5.74) is 3.47. The molecule has 8 N–H and O–H groups in total. The minimum atomic E-state index is -2.60. The van der Waals surface area contributed by atoms with Crippen LogP contribution in [0.2, 0.25) is 0 Å². The number of hydrogen-bond donors (Lipinski definition) is 7. The number of ketones is 2. The molecule has 4 atom stereocenters. The SMILES string of the molecule is CN(C)[C@H](CO)[C@@H]1C[C@@H]2Cc3ccc(NC4CCNCC4)c(O)c3C(=O)C2=C(O)[C@]1(O)C(=O)CC(N)=O. The topological polar surface area (TPSA) is 185 Å². The van der Waals surface area contributed by atoms with Crippen LogP contribution in [0.5, 0.6) is 5.75 Å². The van der Waals surface area contributed by atoms with Crippen LogP contribution < -0.4 is 16.4 Å². The lowest BCUT2D eigenvalue weighted by Crippen LogP contribution is -2.60. The van der Waals surface area contributed by atoms with Crippen molar-refractivity contribution < 1.29 is 34.8 Å². The molecule has 3 aliphatic rings. The second-order valence-electron chi connectivity index (χ2n) is 10.5. The van der Waals surface area contributed by atoms with E-state index >= 15 is 0 Å². The number of aromatic hydroxyl groups is 1. The Balaban J connectivity index is 1.79. The number of amides is 1.